The van der Waals surface area contributed by atoms with E-state index in [1.54, 1.807) is 12.1 Å². The van der Waals surface area contributed by atoms with Crippen LogP contribution in [0.2, 0.25) is 0 Å². The maximum atomic E-state index is 8.95. The quantitative estimate of drug-likeness (QED) is 0.708. The summed E-state index contributed by atoms with van der Waals surface area (Å²) in [6.07, 6.45) is 0. The van der Waals surface area contributed by atoms with Crippen LogP contribution in [0, 0.1) is 11.3 Å². The molecule has 0 unspecified atom stereocenters. The van der Waals surface area contributed by atoms with Crippen LogP contribution < -0.4 is 10.4 Å². The van der Waals surface area contributed by atoms with Crippen molar-refractivity contribution in [3.63, 3.8) is 0 Å². The van der Waals surface area contributed by atoms with Gasteiger partial charge < -0.3 is 0 Å². The summed E-state index contributed by atoms with van der Waals surface area (Å²) in [5.74, 6) is 0.627. The maximum absolute atomic E-state index is 8.95. The monoisotopic (exact) mass is 309 g/mol. The summed E-state index contributed by atoms with van der Waals surface area (Å²) in [7, 11) is 0. The number of anilines is 2. The molecule has 1 aliphatic heterocycles. The number of rotatable bonds is 2. The summed E-state index contributed by atoms with van der Waals surface area (Å²) in [5, 5.41) is 10.8. The van der Waals surface area contributed by atoms with Crippen LogP contribution >= 0.6 is 0 Å². The minimum Gasteiger partial charge on any atom is -0.229 e. The minimum absolute atomic E-state index is 0.621. The van der Waals surface area contributed by atoms with E-state index in [0.717, 1.165) is 22.6 Å². The van der Waals surface area contributed by atoms with Gasteiger partial charge in [-0.2, -0.15) is 5.26 Å². The molecule has 24 heavy (non-hydrogen) atoms. The molecular weight excluding hydrogens is 296 g/mol. The molecule has 1 heterocycles. The number of benzene rings is 3. The van der Waals surface area contributed by atoms with Gasteiger partial charge in [0.15, 0.2) is 5.84 Å². The van der Waals surface area contributed by atoms with Crippen molar-refractivity contribution in [3.8, 4) is 6.07 Å². The third-order valence-corrected chi connectivity index (χ3v) is 3.80. The molecule has 4 heteroatoms. The largest absolute Gasteiger partial charge is 0.229 e. The predicted molar refractivity (Wildman–Crippen MR) is 94.5 cm³/mol. The molecule has 113 valence electrons. The fraction of sp³-hybridized carbons (Fsp3) is 0. The van der Waals surface area contributed by atoms with E-state index in [9.17, 15) is 0 Å². The number of para-hydroxylation sites is 3. The third kappa shape index (κ3) is 2.49. The fourth-order valence-corrected chi connectivity index (χ4v) is 2.60. The van der Waals surface area contributed by atoms with Gasteiger partial charge in [-0.1, -0.05) is 30.3 Å². The zero-order valence-electron chi connectivity index (χ0n) is 12.8. The van der Waals surface area contributed by atoms with E-state index in [-0.39, 0.29) is 0 Å². The van der Waals surface area contributed by atoms with Gasteiger partial charge in [0.2, 0.25) is 0 Å². The van der Waals surface area contributed by atoms with Crippen molar-refractivity contribution in [3.05, 3.63) is 90.0 Å². The Morgan fingerprint density at radius 2 is 1.50 bits per heavy atom. The fourth-order valence-electron chi connectivity index (χ4n) is 2.60. The van der Waals surface area contributed by atoms with Crippen LogP contribution in [0.5, 0.6) is 0 Å². The SMILES string of the molecule is N#Cc1ccc(C2=Nc3ccccc3N(c3ccccc3)[N]2)cc1. The standard InChI is InChI=1S/C20H13N4/c21-14-15-10-12-16(13-11-15)20-22-18-8-4-5-9-19(18)24(23-20)17-6-2-1-3-7-17/h1-13H. The number of amidine groups is 1. The first-order chi connectivity index (χ1) is 11.8. The van der Waals surface area contributed by atoms with E-state index >= 15 is 0 Å². The molecule has 0 N–H and O–H groups in total. The molecule has 0 bridgehead atoms. The van der Waals surface area contributed by atoms with Crippen molar-refractivity contribution in [2.24, 2.45) is 4.99 Å². The lowest BCUT2D eigenvalue weighted by molar-refractivity contribution is 0.898. The Morgan fingerprint density at radius 3 is 2.25 bits per heavy atom. The molecule has 4 nitrogen and oxygen atoms in total. The predicted octanol–water partition coefficient (Wildman–Crippen LogP) is 4.31. The zero-order chi connectivity index (χ0) is 16.4. The van der Waals surface area contributed by atoms with Gasteiger partial charge in [0.05, 0.1) is 28.7 Å². The summed E-state index contributed by atoms with van der Waals surface area (Å²) >= 11 is 0. The number of aliphatic imine (C=N–C) groups is 1. The molecule has 3 aromatic rings. The molecule has 0 atom stereocenters. The first-order valence-corrected chi connectivity index (χ1v) is 7.60. The van der Waals surface area contributed by atoms with Gasteiger partial charge in [0.1, 0.15) is 0 Å². The first-order valence-electron chi connectivity index (χ1n) is 7.60. The molecule has 4 rings (SSSR count). The smallest absolute Gasteiger partial charge is 0.180 e. The van der Waals surface area contributed by atoms with Crippen LogP contribution in [0.3, 0.4) is 0 Å². The lowest BCUT2D eigenvalue weighted by Crippen LogP contribution is -2.35. The second kappa shape index (κ2) is 5.90. The zero-order valence-corrected chi connectivity index (χ0v) is 12.8. The van der Waals surface area contributed by atoms with E-state index in [1.165, 1.54) is 0 Å². The van der Waals surface area contributed by atoms with E-state index in [2.05, 4.69) is 11.1 Å². The minimum atomic E-state index is 0.621. The Morgan fingerprint density at radius 1 is 0.792 bits per heavy atom. The van der Waals surface area contributed by atoms with Crippen molar-refractivity contribution in [2.75, 3.05) is 5.01 Å². The molecule has 0 fully saturated rings. The van der Waals surface area contributed by atoms with E-state index in [0.29, 0.717) is 11.4 Å². The maximum Gasteiger partial charge on any atom is 0.180 e. The molecular formula is C20H13N4. The average molecular weight is 309 g/mol. The molecule has 0 aliphatic carbocycles. The summed E-state index contributed by atoms with van der Waals surface area (Å²) < 4.78 is 0. The Hall–Kier alpha value is -3.58. The number of nitriles is 1. The molecule has 3 aromatic carbocycles. The van der Waals surface area contributed by atoms with Crippen LogP contribution in [-0.2, 0) is 0 Å². The number of hydrogen-bond acceptors (Lipinski definition) is 3. The van der Waals surface area contributed by atoms with Gasteiger partial charge in [-0.15, -0.1) is 5.43 Å². The van der Waals surface area contributed by atoms with Crippen LogP contribution in [0.4, 0.5) is 17.1 Å². The highest BCUT2D eigenvalue weighted by atomic mass is 15.5. The first kappa shape index (κ1) is 14.0. The Balaban J connectivity index is 1.80. The molecule has 0 spiro atoms. The number of nitrogens with zero attached hydrogens (tertiary/aromatic N) is 4. The van der Waals surface area contributed by atoms with Crippen LogP contribution in [-0.4, -0.2) is 5.84 Å². The topological polar surface area (TPSA) is 53.5 Å². The summed E-state index contributed by atoms with van der Waals surface area (Å²) in [6.45, 7) is 0. The van der Waals surface area contributed by atoms with E-state index in [1.807, 2.05) is 71.7 Å². The van der Waals surface area contributed by atoms with Crippen molar-refractivity contribution in [1.82, 2.24) is 5.43 Å². The average Bonchev–Trinajstić information content (AvgIpc) is 2.68. The van der Waals surface area contributed by atoms with Gasteiger partial charge in [0.25, 0.3) is 0 Å². The number of fused-ring (bicyclic) bond motifs is 1. The molecule has 0 amide bonds. The van der Waals surface area contributed by atoms with Gasteiger partial charge in [0, 0.05) is 5.56 Å². The van der Waals surface area contributed by atoms with Crippen molar-refractivity contribution in [1.29, 1.82) is 5.26 Å². The highest BCUT2D eigenvalue weighted by Crippen LogP contribution is 2.36. The lowest BCUT2D eigenvalue weighted by Gasteiger charge is -2.28. The highest BCUT2D eigenvalue weighted by molar-refractivity contribution is 6.04. The van der Waals surface area contributed by atoms with E-state index in [4.69, 9.17) is 10.7 Å². The molecule has 0 saturated carbocycles. The van der Waals surface area contributed by atoms with Gasteiger partial charge >= 0.3 is 0 Å². The third-order valence-electron chi connectivity index (χ3n) is 3.80. The summed E-state index contributed by atoms with van der Waals surface area (Å²) in [4.78, 5) is 4.67. The van der Waals surface area contributed by atoms with E-state index < -0.39 is 0 Å². The van der Waals surface area contributed by atoms with Gasteiger partial charge in [-0.3, -0.25) is 0 Å². The van der Waals surface area contributed by atoms with Crippen LogP contribution in [0.25, 0.3) is 0 Å². The molecule has 0 aromatic heterocycles. The number of hydrogen-bond donors (Lipinski definition) is 0. The Bertz CT molecular complexity index is 937. The van der Waals surface area contributed by atoms with Crippen molar-refractivity contribution < 1.29 is 0 Å². The second-order valence-corrected chi connectivity index (χ2v) is 5.36. The Labute approximate surface area is 140 Å². The van der Waals surface area contributed by atoms with Crippen molar-refractivity contribution >= 4 is 22.9 Å². The molecule has 1 aliphatic rings. The van der Waals surface area contributed by atoms with Crippen LogP contribution in [0.1, 0.15) is 11.1 Å². The lowest BCUT2D eigenvalue weighted by atomic mass is 10.1. The second-order valence-electron chi connectivity index (χ2n) is 5.36. The Kier molecular flexibility index (Phi) is 3.45. The summed E-state index contributed by atoms with van der Waals surface area (Å²) in [6, 6.07) is 27.3. The van der Waals surface area contributed by atoms with Crippen LogP contribution in [0.15, 0.2) is 83.9 Å². The van der Waals surface area contributed by atoms with Crippen molar-refractivity contribution in [2.45, 2.75) is 0 Å². The highest BCUT2D eigenvalue weighted by Gasteiger charge is 2.22. The molecule has 1 radical (unpaired) electrons. The molecule has 0 saturated heterocycles. The summed E-state index contributed by atoms with van der Waals surface area (Å²) in [5.41, 5.74) is 9.01. The van der Waals surface area contributed by atoms with Gasteiger partial charge in [-0.05, 0) is 48.5 Å². The normalized spacial score (nSPS) is 12.6. The van der Waals surface area contributed by atoms with Gasteiger partial charge in [-0.25, -0.2) is 10.0 Å².